The van der Waals surface area contributed by atoms with Gasteiger partial charge in [-0.3, -0.25) is 19.4 Å². The number of anilines is 1. The predicted octanol–water partition coefficient (Wildman–Crippen LogP) is 4.38. The molecule has 3 aromatic carbocycles. The fraction of sp³-hybridized carbons (Fsp3) is 0.375. The Morgan fingerprint density at radius 3 is 2.40 bits per heavy atom. The van der Waals surface area contributed by atoms with Gasteiger partial charge in [0, 0.05) is 36.8 Å². The highest BCUT2D eigenvalue weighted by Gasteiger charge is 2.43. The molecule has 0 unspecified atom stereocenters. The van der Waals surface area contributed by atoms with E-state index in [-0.39, 0.29) is 11.8 Å². The standard InChI is InChI=1S/C32H35N5O3/c1-33-21-12-10-20(11-13-21)18-37(2)16-14-35(15-17-37)19-36-31(38)26-22-6-4-7-23(22)30-28(29(26)32(36)39)27-24(34-30)8-5-9-25(27)40-3/h5,8-13,33H,4,6-7,14-19H2,1-3H3/p+1. The number of ether oxygens (including phenoxy) is 1. The molecular weight excluding hydrogens is 502 g/mol. The molecule has 206 valence electrons. The van der Waals surface area contributed by atoms with Gasteiger partial charge in [0.15, 0.2) is 0 Å². The number of benzene rings is 3. The molecule has 7 rings (SSSR count). The average molecular weight is 539 g/mol. The summed E-state index contributed by atoms with van der Waals surface area (Å²) >= 11 is 0. The van der Waals surface area contributed by atoms with Crippen LogP contribution >= 0.6 is 0 Å². The molecule has 40 heavy (non-hydrogen) atoms. The van der Waals surface area contributed by atoms with Crippen LogP contribution in [0.15, 0.2) is 42.5 Å². The summed E-state index contributed by atoms with van der Waals surface area (Å²) in [6.45, 7) is 4.92. The van der Waals surface area contributed by atoms with Crippen molar-refractivity contribution in [2.75, 3.05) is 59.4 Å². The largest absolute Gasteiger partial charge is 0.496 e. The normalized spacial score (nSPS) is 18.5. The van der Waals surface area contributed by atoms with Gasteiger partial charge in [-0.05, 0) is 54.7 Å². The van der Waals surface area contributed by atoms with Gasteiger partial charge in [-0.2, -0.15) is 0 Å². The quantitative estimate of drug-likeness (QED) is 0.282. The molecule has 2 aliphatic heterocycles. The lowest BCUT2D eigenvalue weighted by atomic mass is 9.93. The van der Waals surface area contributed by atoms with E-state index < -0.39 is 0 Å². The zero-order valence-electron chi connectivity index (χ0n) is 23.5. The molecule has 8 heteroatoms. The number of likely N-dealkylation sites (N-methyl/N-ethyl adjacent to an activating group) is 1. The Morgan fingerprint density at radius 1 is 0.950 bits per heavy atom. The Morgan fingerprint density at radius 2 is 1.68 bits per heavy atom. The van der Waals surface area contributed by atoms with Gasteiger partial charge in [0.2, 0.25) is 0 Å². The van der Waals surface area contributed by atoms with Crippen LogP contribution < -0.4 is 10.1 Å². The fourth-order valence-corrected chi connectivity index (χ4v) is 7.08. The molecular formula is C32H36N5O3+. The second-order valence-corrected chi connectivity index (χ2v) is 11.8. The number of imide groups is 1. The van der Waals surface area contributed by atoms with E-state index in [0.29, 0.717) is 17.8 Å². The number of nitrogens with one attached hydrogen (secondary N) is 2. The number of quaternary nitrogens is 1. The van der Waals surface area contributed by atoms with E-state index in [4.69, 9.17) is 4.74 Å². The van der Waals surface area contributed by atoms with Crippen LogP contribution in [0.1, 0.15) is 43.8 Å². The van der Waals surface area contributed by atoms with Crippen molar-refractivity contribution in [2.24, 2.45) is 0 Å². The van der Waals surface area contributed by atoms with Gasteiger partial charge in [0.1, 0.15) is 12.3 Å². The number of rotatable bonds is 6. The van der Waals surface area contributed by atoms with Crippen LogP contribution in [0.3, 0.4) is 0 Å². The van der Waals surface area contributed by atoms with Crippen LogP contribution in [0.4, 0.5) is 5.69 Å². The Balaban J connectivity index is 1.17. The lowest BCUT2D eigenvalue weighted by Crippen LogP contribution is -2.58. The number of methoxy groups -OCH3 is 1. The van der Waals surface area contributed by atoms with Crippen molar-refractivity contribution in [1.29, 1.82) is 0 Å². The van der Waals surface area contributed by atoms with E-state index in [1.54, 1.807) is 7.11 Å². The van der Waals surface area contributed by atoms with Crippen molar-refractivity contribution in [3.8, 4) is 5.75 Å². The minimum absolute atomic E-state index is 0.142. The minimum atomic E-state index is -0.182. The molecule has 8 nitrogen and oxygen atoms in total. The van der Waals surface area contributed by atoms with E-state index >= 15 is 0 Å². The molecule has 0 radical (unpaired) electrons. The molecule has 1 fully saturated rings. The average Bonchev–Trinajstić information content (AvgIpc) is 3.66. The van der Waals surface area contributed by atoms with Crippen LogP contribution in [-0.4, -0.2) is 85.1 Å². The fourth-order valence-electron chi connectivity index (χ4n) is 7.08. The smallest absolute Gasteiger partial charge is 0.263 e. The van der Waals surface area contributed by atoms with Gasteiger partial charge >= 0.3 is 0 Å². The number of hydrogen-bond donors (Lipinski definition) is 2. The number of carbonyl (C=O) groups excluding carboxylic acids is 2. The third-order valence-electron chi connectivity index (χ3n) is 9.31. The van der Waals surface area contributed by atoms with Crippen LogP contribution in [0.2, 0.25) is 0 Å². The van der Waals surface area contributed by atoms with E-state index in [9.17, 15) is 9.59 Å². The lowest BCUT2D eigenvalue weighted by molar-refractivity contribution is -0.926. The van der Waals surface area contributed by atoms with E-state index in [0.717, 1.165) is 95.3 Å². The number of carbonyl (C=O) groups is 2. The number of aryl methyl sites for hydroxylation is 1. The van der Waals surface area contributed by atoms with E-state index in [1.165, 1.54) is 16.0 Å². The predicted molar refractivity (Wildman–Crippen MR) is 157 cm³/mol. The summed E-state index contributed by atoms with van der Waals surface area (Å²) in [7, 11) is 5.89. The number of aromatic nitrogens is 1. The highest BCUT2D eigenvalue weighted by Crippen LogP contribution is 2.45. The highest BCUT2D eigenvalue weighted by molar-refractivity contribution is 6.31. The molecule has 0 saturated carbocycles. The SMILES string of the molecule is CNc1ccc(C[N+]2(C)CCN(CN3C(=O)c4c5c(c6[nH]c7cccc(OC)c7c6c4C3=O)CCC5)CC2)cc1. The second kappa shape index (κ2) is 9.35. The summed E-state index contributed by atoms with van der Waals surface area (Å²) in [5.41, 5.74) is 7.78. The van der Waals surface area contributed by atoms with Crippen molar-refractivity contribution in [3.63, 3.8) is 0 Å². The van der Waals surface area contributed by atoms with Gasteiger partial charge in [0.25, 0.3) is 11.8 Å². The second-order valence-electron chi connectivity index (χ2n) is 11.8. The Labute approximate surface area is 234 Å². The van der Waals surface area contributed by atoms with E-state index in [2.05, 4.69) is 46.5 Å². The number of H-pyrrole nitrogens is 1. The van der Waals surface area contributed by atoms with Crippen molar-refractivity contribution in [2.45, 2.75) is 25.8 Å². The molecule has 3 aliphatic rings. The number of fused-ring (bicyclic) bond motifs is 8. The summed E-state index contributed by atoms with van der Waals surface area (Å²) in [6, 6.07) is 14.5. The first-order chi connectivity index (χ1) is 19.4. The van der Waals surface area contributed by atoms with Crippen LogP contribution in [0, 0.1) is 0 Å². The summed E-state index contributed by atoms with van der Waals surface area (Å²) in [5.74, 6) is 0.395. The topological polar surface area (TPSA) is 77.7 Å². The number of aromatic amines is 1. The maximum Gasteiger partial charge on any atom is 0.263 e. The van der Waals surface area contributed by atoms with Crippen molar-refractivity contribution in [3.05, 3.63) is 70.3 Å². The summed E-state index contributed by atoms with van der Waals surface area (Å²) in [6.07, 6.45) is 2.74. The number of nitrogens with zero attached hydrogens (tertiary/aromatic N) is 3. The Kier molecular flexibility index (Phi) is 5.87. The van der Waals surface area contributed by atoms with Gasteiger partial charge in [-0.15, -0.1) is 0 Å². The van der Waals surface area contributed by atoms with Crippen LogP contribution in [-0.2, 0) is 19.4 Å². The van der Waals surface area contributed by atoms with Crippen LogP contribution in [0.25, 0.3) is 21.8 Å². The van der Waals surface area contributed by atoms with E-state index in [1.807, 2.05) is 25.2 Å². The molecule has 2 N–H and O–H groups in total. The summed E-state index contributed by atoms with van der Waals surface area (Å²) < 4.78 is 6.66. The lowest BCUT2D eigenvalue weighted by Gasteiger charge is -2.42. The van der Waals surface area contributed by atoms with Gasteiger partial charge in [-0.25, -0.2) is 0 Å². The molecule has 1 saturated heterocycles. The van der Waals surface area contributed by atoms with Crippen LogP contribution in [0.5, 0.6) is 5.75 Å². The maximum atomic E-state index is 14.1. The molecule has 1 aliphatic carbocycles. The monoisotopic (exact) mass is 538 g/mol. The minimum Gasteiger partial charge on any atom is -0.496 e. The molecule has 0 atom stereocenters. The van der Waals surface area contributed by atoms with Gasteiger partial charge in [-0.1, -0.05) is 18.2 Å². The van der Waals surface area contributed by atoms with Gasteiger partial charge < -0.3 is 19.5 Å². The zero-order valence-corrected chi connectivity index (χ0v) is 23.5. The third kappa shape index (κ3) is 3.81. The molecule has 2 amide bonds. The third-order valence-corrected chi connectivity index (χ3v) is 9.31. The molecule has 0 bridgehead atoms. The number of piperazine rings is 1. The first kappa shape index (κ1) is 25.1. The summed E-state index contributed by atoms with van der Waals surface area (Å²) in [4.78, 5) is 35.3. The zero-order chi connectivity index (χ0) is 27.6. The van der Waals surface area contributed by atoms with Crippen molar-refractivity contribution >= 4 is 39.3 Å². The molecule has 1 aromatic heterocycles. The summed E-state index contributed by atoms with van der Waals surface area (Å²) in [5, 5.41) is 4.91. The maximum absolute atomic E-state index is 14.1. The first-order valence-electron chi connectivity index (χ1n) is 14.3. The molecule has 3 heterocycles. The molecule has 4 aromatic rings. The Bertz CT molecular complexity index is 1660. The highest BCUT2D eigenvalue weighted by atomic mass is 16.5. The van der Waals surface area contributed by atoms with Crippen molar-refractivity contribution in [1.82, 2.24) is 14.8 Å². The van der Waals surface area contributed by atoms with Gasteiger partial charge in [0.05, 0.1) is 61.5 Å². The first-order valence-corrected chi connectivity index (χ1v) is 14.3. The Hall–Kier alpha value is -3.88. The van der Waals surface area contributed by atoms with Crippen molar-refractivity contribution < 1.29 is 18.8 Å². The number of amides is 2. The molecule has 0 spiro atoms. The number of hydrogen-bond acceptors (Lipinski definition) is 5.